The summed E-state index contributed by atoms with van der Waals surface area (Å²) in [6.45, 7) is 9.25. The molecule has 110 valence electrons. The minimum atomic E-state index is -0.00851. The van der Waals surface area contributed by atoms with E-state index in [0.717, 1.165) is 32.6 Å². The van der Waals surface area contributed by atoms with E-state index in [2.05, 4.69) is 36.0 Å². The van der Waals surface area contributed by atoms with Crippen LogP contribution in [0.2, 0.25) is 0 Å². The number of ether oxygens (including phenoxy) is 1. The number of nitrogens with one attached hydrogen (secondary N) is 1. The van der Waals surface area contributed by atoms with E-state index in [0.29, 0.717) is 19.3 Å². The molecule has 2 aliphatic heterocycles. The monoisotopic (exact) mass is 269 g/mol. The van der Waals surface area contributed by atoms with Crippen molar-refractivity contribution >= 4 is 5.91 Å². The Labute approximate surface area is 116 Å². The fraction of sp³-hybridized carbons (Fsp3) is 0.929. The van der Waals surface area contributed by atoms with Crippen molar-refractivity contribution in [2.45, 2.75) is 32.4 Å². The highest BCUT2D eigenvalue weighted by Gasteiger charge is 2.37. The summed E-state index contributed by atoms with van der Waals surface area (Å²) in [6.07, 6.45) is 1.06. The average Bonchev–Trinajstić information content (AvgIpc) is 2.75. The van der Waals surface area contributed by atoms with Gasteiger partial charge in [-0.05, 0) is 33.5 Å². The highest BCUT2D eigenvalue weighted by molar-refractivity contribution is 5.80. The van der Waals surface area contributed by atoms with Crippen LogP contribution in [0.3, 0.4) is 0 Å². The molecule has 0 bridgehead atoms. The summed E-state index contributed by atoms with van der Waals surface area (Å²) in [5.74, 6) is 0.261. The van der Waals surface area contributed by atoms with Crippen LogP contribution in [0.1, 0.15) is 20.3 Å². The molecule has 2 aliphatic rings. The molecule has 2 fully saturated rings. The Morgan fingerprint density at radius 1 is 1.37 bits per heavy atom. The molecule has 0 aromatic rings. The normalized spacial score (nSPS) is 33.4. The lowest BCUT2D eigenvalue weighted by atomic mass is 10.0. The van der Waals surface area contributed by atoms with Crippen LogP contribution >= 0.6 is 0 Å². The van der Waals surface area contributed by atoms with Crippen molar-refractivity contribution in [2.75, 3.05) is 46.4 Å². The zero-order chi connectivity index (χ0) is 13.8. The van der Waals surface area contributed by atoms with Crippen LogP contribution in [-0.2, 0) is 9.53 Å². The van der Waals surface area contributed by atoms with Gasteiger partial charge in [0.1, 0.15) is 0 Å². The van der Waals surface area contributed by atoms with Gasteiger partial charge in [0.15, 0.2) is 0 Å². The molecule has 0 saturated carbocycles. The van der Waals surface area contributed by atoms with Crippen LogP contribution in [0.5, 0.6) is 0 Å². The van der Waals surface area contributed by atoms with Gasteiger partial charge in [0, 0.05) is 25.2 Å². The van der Waals surface area contributed by atoms with E-state index in [1.165, 1.54) is 0 Å². The van der Waals surface area contributed by atoms with E-state index in [4.69, 9.17) is 4.74 Å². The van der Waals surface area contributed by atoms with Crippen molar-refractivity contribution < 1.29 is 9.53 Å². The Hall–Kier alpha value is -0.650. The second-order valence-corrected chi connectivity index (χ2v) is 5.80. The number of amides is 1. The standard InChI is InChI=1S/C14H27N3O2/c1-4-15-13-10-19-9-12(13)14(18)17-7-5-6-16(3)8-11(17)2/h11-13,15H,4-10H2,1-3H3. The zero-order valence-corrected chi connectivity index (χ0v) is 12.4. The van der Waals surface area contributed by atoms with Crippen molar-refractivity contribution in [3.8, 4) is 0 Å². The summed E-state index contributed by atoms with van der Waals surface area (Å²) < 4.78 is 5.50. The summed E-state index contributed by atoms with van der Waals surface area (Å²) >= 11 is 0. The zero-order valence-electron chi connectivity index (χ0n) is 12.4. The molecule has 19 heavy (non-hydrogen) atoms. The molecule has 0 aliphatic carbocycles. The van der Waals surface area contributed by atoms with Gasteiger partial charge < -0.3 is 19.9 Å². The Morgan fingerprint density at radius 3 is 2.89 bits per heavy atom. The first-order chi connectivity index (χ1) is 9.13. The number of carbonyl (C=O) groups excluding carboxylic acids is 1. The van der Waals surface area contributed by atoms with Crippen molar-refractivity contribution in [3.63, 3.8) is 0 Å². The van der Waals surface area contributed by atoms with Gasteiger partial charge in [-0.2, -0.15) is 0 Å². The third-order valence-corrected chi connectivity index (χ3v) is 4.19. The number of rotatable bonds is 3. The van der Waals surface area contributed by atoms with Crippen LogP contribution in [0.4, 0.5) is 0 Å². The first kappa shape index (κ1) is 14.8. The maximum Gasteiger partial charge on any atom is 0.229 e. The quantitative estimate of drug-likeness (QED) is 0.793. The van der Waals surface area contributed by atoms with Crippen LogP contribution in [0.15, 0.2) is 0 Å². The maximum atomic E-state index is 12.7. The summed E-state index contributed by atoms with van der Waals surface area (Å²) in [4.78, 5) is 17.1. The number of carbonyl (C=O) groups is 1. The van der Waals surface area contributed by atoms with E-state index in [1.54, 1.807) is 0 Å². The second-order valence-electron chi connectivity index (χ2n) is 5.80. The number of hydrogen-bond acceptors (Lipinski definition) is 4. The largest absolute Gasteiger partial charge is 0.379 e. The van der Waals surface area contributed by atoms with Gasteiger partial charge in [-0.1, -0.05) is 6.92 Å². The van der Waals surface area contributed by atoms with Crippen LogP contribution < -0.4 is 5.32 Å². The van der Waals surface area contributed by atoms with E-state index in [1.807, 2.05) is 0 Å². The maximum absolute atomic E-state index is 12.7. The van der Waals surface area contributed by atoms with Crippen molar-refractivity contribution in [3.05, 3.63) is 0 Å². The lowest BCUT2D eigenvalue weighted by Crippen LogP contribution is -2.49. The topological polar surface area (TPSA) is 44.8 Å². The van der Waals surface area contributed by atoms with E-state index in [-0.39, 0.29) is 17.9 Å². The average molecular weight is 269 g/mol. The van der Waals surface area contributed by atoms with Crippen LogP contribution in [0.25, 0.3) is 0 Å². The molecule has 3 atom stereocenters. The molecule has 5 nitrogen and oxygen atoms in total. The molecule has 0 radical (unpaired) electrons. The Kier molecular flexibility index (Phi) is 5.19. The van der Waals surface area contributed by atoms with Crippen molar-refractivity contribution in [1.29, 1.82) is 0 Å². The molecule has 1 amide bonds. The summed E-state index contributed by atoms with van der Waals surface area (Å²) in [6, 6.07) is 0.480. The predicted octanol–water partition coefficient (Wildman–Crippen LogP) is 0.164. The van der Waals surface area contributed by atoms with Crippen molar-refractivity contribution in [2.24, 2.45) is 5.92 Å². The van der Waals surface area contributed by atoms with Gasteiger partial charge in [0.2, 0.25) is 5.91 Å². The highest BCUT2D eigenvalue weighted by Crippen LogP contribution is 2.20. The SMILES string of the molecule is CCNC1COCC1C(=O)N1CCCN(C)CC1C. The number of hydrogen-bond donors (Lipinski definition) is 1. The molecule has 1 N–H and O–H groups in total. The molecule has 0 aromatic heterocycles. The Morgan fingerprint density at radius 2 is 2.16 bits per heavy atom. The Balaban J connectivity index is 2.01. The van der Waals surface area contributed by atoms with E-state index < -0.39 is 0 Å². The first-order valence-electron chi connectivity index (χ1n) is 7.43. The Bertz CT molecular complexity index is 311. The van der Waals surface area contributed by atoms with Gasteiger partial charge in [0.25, 0.3) is 0 Å². The fourth-order valence-corrected chi connectivity index (χ4v) is 3.17. The molecule has 0 aromatic carbocycles. The predicted molar refractivity (Wildman–Crippen MR) is 75.1 cm³/mol. The fourth-order valence-electron chi connectivity index (χ4n) is 3.17. The van der Waals surface area contributed by atoms with E-state index >= 15 is 0 Å². The van der Waals surface area contributed by atoms with Crippen LogP contribution in [-0.4, -0.2) is 74.2 Å². The smallest absolute Gasteiger partial charge is 0.229 e. The minimum Gasteiger partial charge on any atom is -0.379 e. The molecule has 2 saturated heterocycles. The molecule has 2 rings (SSSR count). The number of nitrogens with zero attached hydrogens (tertiary/aromatic N) is 2. The van der Waals surface area contributed by atoms with Gasteiger partial charge in [-0.3, -0.25) is 4.79 Å². The van der Waals surface area contributed by atoms with Gasteiger partial charge in [0.05, 0.1) is 19.1 Å². The second kappa shape index (κ2) is 6.68. The molecule has 0 spiro atoms. The molecule has 2 heterocycles. The highest BCUT2D eigenvalue weighted by atomic mass is 16.5. The third kappa shape index (κ3) is 3.46. The van der Waals surface area contributed by atoms with Gasteiger partial charge in [-0.15, -0.1) is 0 Å². The molecule has 3 unspecified atom stereocenters. The van der Waals surface area contributed by atoms with Gasteiger partial charge >= 0.3 is 0 Å². The van der Waals surface area contributed by atoms with Crippen molar-refractivity contribution in [1.82, 2.24) is 15.1 Å². The summed E-state index contributed by atoms with van der Waals surface area (Å²) in [5, 5.41) is 3.37. The summed E-state index contributed by atoms with van der Waals surface area (Å²) in [5.41, 5.74) is 0. The van der Waals surface area contributed by atoms with Crippen LogP contribution in [0, 0.1) is 5.92 Å². The van der Waals surface area contributed by atoms with Gasteiger partial charge in [-0.25, -0.2) is 0 Å². The minimum absolute atomic E-state index is 0.00851. The van der Waals surface area contributed by atoms with E-state index in [9.17, 15) is 4.79 Å². The third-order valence-electron chi connectivity index (χ3n) is 4.19. The lowest BCUT2D eigenvalue weighted by Gasteiger charge is -2.31. The first-order valence-corrected chi connectivity index (χ1v) is 7.43. The molecular weight excluding hydrogens is 242 g/mol. The lowest BCUT2D eigenvalue weighted by molar-refractivity contribution is -0.137. The molecular formula is C14H27N3O2. The summed E-state index contributed by atoms with van der Waals surface area (Å²) in [7, 11) is 2.13. The molecule has 5 heteroatoms. The number of likely N-dealkylation sites (N-methyl/N-ethyl adjacent to an activating group) is 2.